The van der Waals surface area contributed by atoms with E-state index < -0.39 is 5.95 Å². The van der Waals surface area contributed by atoms with Gasteiger partial charge < -0.3 is 15.6 Å². The first-order valence-electron chi connectivity index (χ1n) is 11.7. The number of fused-ring (bicyclic) bond motifs is 1. The van der Waals surface area contributed by atoms with Crippen molar-refractivity contribution in [1.29, 1.82) is 0 Å². The lowest BCUT2D eigenvalue weighted by molar-refractivity contribution is 0.198. The number of ether oxygens (including phenoxy) is 1. The Bertz CT molecular complexity index is 1250. The van der Waals surface area contributed by atoms with Gasteiger partial charge in [0.2, 0.25) is 5.95 Å². The molecule has 0 aliphatic carbocycles. The van der Waals surface area contributed by atoms with Crippen LogP contribution in [0.2, 0.25) is 0 Å². The molecule has 1 fully saturated rings. The summed E-state index contributed by atoms with van der Waals surface area (Å²) in [6, 6.07) is 16.4. The number of rotatable bonds is 7. The van der Waals surface area contributed by atoms with Gasteiger partial charge in [-0.15, -0.1) is 11.8 Å². The summed E-state index contributed by atoms with van der Waals surface area (Å²) < 4.78 is 33.5. The predicted octanol–water partition coefficient (Wildman–Crippen LogP) is 5.39. The first-order chi connectivity index (χ1) is 17.0. The van der Waals surface area contributed by atoms with Crippen molar-refractivity contribution in [3.8, 4) is 11.5 Å². The van der Waals surface area contributed by atoms with Gasteiger partial charge in [-0.2, -0.15) is 4.39 Å². The lowest BCUT2D eigenvalue weighted by Crippen LogP contribution is -2.26. The van der Waals surface area contributed by atoms with E-state index >= 15 is 0 Å². The highest BCUT2D eigenvalue weighted by molar-refractivity contribution is 7.99. The third-order valence-electron chi connectivity index (χ3n) is 6.39. The van der Waals surface area contributed by atoms with Crippen LogP contribution in [0.15, 0.2) is 59.5 Å². The van der Waals surface area contributed by atoms with E-state index in [1.807, 2.05) is 30.3 Å². The van der Waals surface area contributed by atoms with Gasteiger partial charge in [0.1, 0.15) is 23.4 Å². The lowest BCUT2D eigenvalue weighted by Gasteiger charge is -2.24. The van der Waals surface area contributed by atoms with E-state index in [9.17, 15) is 13.9 Å². The van der Waals surface area contributed by atoms with Crippen LogP contribution in [0.3, 0.4) is 0 Å². The molecule has 0 spiro atoms. The molecule has 0 radical (unpaired) electrons. The Labute approximate surface area is 207 Å². The number of hydrogen-bond donors (Lipinski definition) is 2. The average Bonchev–Trinajstić information content (AvgIpc) is 3.30. The minimum atomic E-state index is -0.598. The van der Waals surface area contributed by atoms with Crippen LogP contribution in [0.25, 0.3) is 11.1 Å². The number of benzene rings is 2. The zero-order chi connectivity index (χ0) is 24.4. The molecule has 0 bridgehead atoms. The van der Waals surface area contributed by atoms with Gasteiger partial charge in [-0.1, -0.05) is 12.1 Å². The third kappa shape index (κ3) is 5.13. The van der Waals surface area contributed by atoms with Gasteiger partial charge in [0.15, 0.2) is 0 Å². The predicted molar refractivity (Wildman–Crippen MR) is 136 cm³/mol. The highest BCUT2D eigenvalue weighted by Crippen LogP contribution is 2.45. The summed E-state index contributed by atoms with van der Waals surface area (Å²) >= 11 is 1.55. The Morgan fingerprint density at radius 2 is 1.91 bits per heavy atom. The Morgan fingerprint density at radius 1 is 1.11 bits per heavy atom. The number of aromatic nitrogens is 1. The standard InChI is InChI=1S/C27H27F2N3O2S/c28-11-1-12-32-13-10-20(15-32)34-19-5-2-17(3-6-19)26-22-7-4-18(33)14-24(22)35-16-23(26)21-8-9-25(30)31-27(21)29/h2-9,14,20,33H,1,10-13,15-16H2,(H2,30,31)/t20-/m0/s1. The smallest absolute Gasteiger partial charge is 0.222 e. The van der Waals surface area contributed by atoms with E-state index in [1.165, 1.54) is 0 Å². The molecule has 35 heavy (non-hydrogen) atoms. The molecule has 2 aromatic carbocycles. The Morgan fingerprint density at radius 3 is 2.69 bits per heavy atom. The molecule has 3 aromatic rings. The van der Waals surface area contributed by atoms with E-state index in [2.05, 4.69) is 9.88 Å². The number of phenols is 1. The lowest BCUT2D eigenvalue weighted by atomic mass is 9.90. The van der Waals surface area contributed by atoms with E-state index in [0.717, 1.165) is 59.0 Å². The highest BCUT2D eigenvalue weighted by Gasteiger charge is 2.26. The summed E-state index contributed by atoms with van der Waals surface area (Å²) in [5.41, 5.74) is 9.67. The molecular weight excluding hydrogens is 468 g/mol. The first-order valence-corrected chi connectivity index (χ1v) is 12.7. The number of anilines is 1. The minimum absolute atomic E-state index is 0.0833. The number of phenolic OH excluding ortho intramolecular Hbond substituents is 1. The summed E-state index contributed by atoms with van der Waals surface area (Å²) in [6.07, 6.45) is 1.56. The topological polar surface area (TPSA) is 71.6 Å². The molecule has 2 aliphatic rings. The normalized spacial score (nSPS) is 18.1. The van der Waals surface area contributed by atoms with Crippen LogP contribution in [0.5, 0.6) is 11.5 Å². The number of nitrogens with zero attached hydrogens (tertiary/aromatic N) is 2. The van der Waals surface area contributed by atoms with Crippen LogP contribution in [-0.4, -0.2) is 53.2 Å². The van der Waals surface area contributed by atoms with Crippen molar-refractivity contribution in [2.45, 2.75) is 23.8 Å². The van der Waals surface area contributed by atoms with Gasteiger partial charge >= 0.3 is 0 Å². The molecule has 182 valence electrons. The summed E-state index contributed by atoms with van der Waals surface area (Å²) in [7, 11) is 0. The summed E-state index contributed by atoms with van der Waals surface area (Å²) in [6.45, 7) is 2.19. The van der Waals surface area contributed by atoms with Gasteiger partial charge in [-0.25, -0.2) is 4.98 Å². The van der Waals surface area contributed by atoms with E-state index in [-0.39, 0.29) is 24.3 Å². The molecule has 5 nitrogen and oxygen atoms in total. The Kier molecular flexibility index (Phi) is 6.92. The van der Waals surface area contributed by atoms with Gasteiger partial charge in [0, 0.05) is 35.8 Å². The number of alkyl halides is 1. The van der Waals surface area contributed by atoms with Crippen LogP contribution < -0.4 is 10.5 Å². The van der Waals surface area contributed by atoms with Crippen molar-refractivity contribution in [3.63, 3.8) is 0 Å². The number of pyridine rings is 1. The van der Waals surface area contributed by atoms with Crippen molar-refractivity contribution in [3.05, 3.63) is 77.2 Å². The molecule has 3 N–H and O–H groups in total. The maximum atomic E-state index is 14.8. The van der Waals surface area contributed by atoms with Crippen LogP contribution in [0, 0.1) is 5.95 Å². The largest absolute Gasteiger partial charge is 0.508 e. The van der Waals surface area contributed by atoms with Gasteiger partial charge in [-0.05, 0) is 77.6 Å². The monoisotopic (exact) mass is 495 g/mol. The zero-order valence-corrected chi connectivity index (χ0v) is 20.0. The van der Waals surface area contributed by atoms with Crippen LogP contribution in [0.1, 0.15) is 29.5 Å². The second kappa shape index (κ2) is 10.3. The maximum Gasteiger partial charge on any atom is 0.222 e. The Hall–Kier alpha value is -3.10. The van der Waals surface area contributed by atoms with Gasteiger partial charge in [0.05, 0.1) is 6.67 Å². The summed E-state index contributed by atoms with van der Waals surface area (Å²) in [5.74, 6) is 1.03. The average molecular weight is 496 g/mol. The second-order valence-corrected chi connectivity index (χ2v) is 9.81. The maximum absolute atomic E-state index is 14.8. The molecule has 0 unspecified atom stereocenters. The fraction of sp³-hybridized carbons (Fsp3) is 0.296. The summed E-state index contributed by atoms with van der Waals surface area (Å²) in [4.78, 5) is 7.00. The number of likely N-dealkylation sites (tertiary alicyclic amines) is 1. The summed E-state index contributed by atoms with van der Waals surface area (Å²) in [5, 5.41) is 9.99. The fourth-order valence-corrected chi connectivity index (χ4v) is 5.84. The van der Waals surface area contributed by atoms with E-state index in [4.69, 9.17) is 10.5 Å². The van der Waals surface area contributed by atoms with Crippen LogP contribution in [-0.2, 0) is 0 Å². The van der Waals surface area contributed by atoms with Crippen LogP contribution >= 0.6 is 11.8 Å². The zero-order valence-electron chi connectivity index (χ0n) is 19.2. The van der Waals surface area contributed by atoms with Crippen molar-refractivity contribution >= 4 is 28.7 Å². The number of hydrogen-bond acceptors (Lipinski definition) is 6. The quantitative estimate of drug-likeness (QED) is 0.429. The SMILES string of the molecule is Nc1ccc(C2=C(c3ccc(O[C@H]4CCN(CCCF)C4)cc3)c3ccc(O)cc3SC2)c(F)n1. The molecule has 1 saturated heterocycles. The molecule has 0 amide bonds. The van der Waals surface area contributed by atoms with Crippen molar-refractivity contribution in [1.82, 2.24) is 9.88 Å². The first kappa shape index (κ1) is 23.6. The number of thioether (sulfide) groups is 1. The number of aromatic hydroxyl groups is 1. The Balaban J connectivity index is 1.46. The third-order valence-corrected chi connectivity index (χ3v) is 7.47. The molecular formula is C27H27F2N3O2S. The molecule has 1 atom stereocenters. The minimum Gasteiger partial charge on any atom is -0.508 e. The van der Waals surface area contributed by atoms with Crippen molar-refractivity contribution < 1.29 is 18.6 Å². The van der Waals surface area contributed by atoms with Gasteiger partial charge in [-0.3, -0.25) is 9.29 Å². The van der Waals surface area contributed by atoms with E-state index in [1.54, 1.807) is 36.0 Å². The number of halogens is 2. The number of nitrogens with two attached hydrogens (primary N) is 1. The number of nitrogen functional groups attached to an aromatic ring is 1. The molecule has 2 aliphatic heterocycles. The van der Waals surface area contributed by atoms with Crippen LogP contribution in [0.4, 0.5) is 14.6 Å². The molecule has 8 heteroatoms. The van der Waals surface area contributed by atoms with Crippen molar-refractivity contribution in [2.75, 3.05) is 37.8 Å². The highest BCUT2D eigenvalue weighted by atomic mass is 32.2. The van der Waals surface area contributed by atoms with E-state index in [0.29, 0.717) is 17.7 Å². The molecule has 0 saturated carbocycles. The fourth-order valence-electron chi connectivity index (χ4n) is 4.71. The molecule has 1 aromatic heterocycles. The molecule has 5 rings (SSSR count). The van der Waals surface area contributed by atoms with Gasteiger partial charge in [0.25, 0.3) is 0 Å². The van der Waals surface area contributed by atoms with Crippen molar-refractivity contribution in [2.24, 2.45) is 0 Å². The molecule has 3 heterocycles. The second-order valence-electron chi connectivity index (χ2n) is 8.79.